The average Bonchev–Trinajstić information content (AvgIpc) is 2.45. The molecular formula is C14H20N6. The second-order valence-electron chi connectivity index (χ2n) is 4.61. The van der Waals surface area contributed by atoms with Crippen molar-refractivity contribution in [3.05, 3.63) is 36.2 Å². The quantitative estimate of drug-likeness (QED) is 0.836. The minimum atomic E-state index is 0.280. The maximum Gasteiger partial charge on any atom is 0.223 e. The molecule has 0 atom stereocenters. The topological polar surface area (TPSA) is 80.0 Å². The maximum absolute atomic E-state index is 5.76. The predicted molar refractivity (Wildman–Crippen MR) is 81.6 cm³/mol. The van der Waals surface area contributed by atoms with Gasteiger partial charge in [-0.05, 0) is 24.1 Å². The number of anilines is 3. The third-order valence-electron chi connectivity index (χ3n) is 2.85. The van der Waals surface area contributed by atoms with Crippen LogP contribution in [0.25, 0.3) is 0 Å². The molecule has 2 aromatic heterocycles. The molecule has 0 aliphatic carbocycles. The molecule has 106 valence electrons. The van der Waals surface area contributed by atoms with Crippen LogP contribution in [-0.4, -0.2) is 28.5 Å². The lowest BCUT2D eigenvalue weighted by molar-refractivity contribution is 0.888. The van der Waals surface area contributed by atoms with E-state index in [2.05, 4.69) is 27.2 Å². The van der Waals surface area contributed by atoms with Crippen molar-refractivity contribution in [1.29, 1.82) is 0 Å². The fourth-order valence-electron chi connectivity index (χ4n) is 1.83. The third-order valence-corrected chi connectivity index (χ3v) is 2.85. The molecule has 0 radical (unpaired) electrons. The van der Waals surface area contributed by atoms with Crippen LogP contribution in [0.15, 0.2) is 30.6 Å². The van der Waals surface area contributed by atoms with E-state index in [1.54, 1.807) is 12.4 Å². The number of rotatable bonds is 6. The van der Waals surface area contributed by atoms with Crippen LogP contribution in [0.2, 0.25) is 0 Å². The Labute approximate surface area is 119 Å². The average molecular weight is 272 g/mol. The van der Waals surface area contributed by atoms with E-state index in [0.717, 1.165) is 31.1 Å². The van der Waals surface area contributed by atoms with Crippen molar-refractivity contribution < 1.29 is 0 Å². The summed E-state index contributed by atoms with van der Waals surface area (Å²) in [6.45, 7) is 3.71. The molecule has 0 aromatic carbocycles. The fourth-order valence-corrected chi connectivity index (χ4v) is 1.83. The van der Waals surface area contributed by atoms with Crippen LogP contribution >= 0.6 is 0 Å². The molecule has 6 nitrogen and oxygen atoms in total. The Morgan fingerprint density at radius 1 is 1.25 bits per heavy atom. The summed E-state index contributed by atoms with van der Waals surface area (Å²) in [5, 5.41) is 3.23. The zero-order chi connectivity index (χ0) is 14.4. The molecule has 0 fully saturated rings. The Bertz CT molecular complexity index is 543. The number of nitrogens with zero attached hydrogens (tertiary/aromatic N) is 4. The second-order valence-corrected chi connectivity index (χ2v) is 4.61. The van der Waals surface area contributed by atoms with E-state index >= 15 is 0 Å². The van der Waals surface area contributed by atoms with E-state index in [4.69, 9.17) is 5.73 Å². The lowest BCUT2D eigenvalue weighted by Crippen LogP contribution is -2.19. The van der Waals surface area contributed by atoms with E-state index in [9.17, 15) is 0 Å². The number of hydrogen-bond donors (Lipinski definition) is 2. The predicted octanol–water partition coefficient (Wildman–Crippen LogP) is 1.91. The Kier molecular flexibility index (Phi) is 4.70. The van der Waals surface area contributed by atoms with Crippen LogP contribution < -0.4 is 16.0 Å². The highest BCUT2D eigenvalue weighted by atomic mass is 15.2. The van der Waals surface area contributed by atoms with Gasteiger partial charge in [-0.2, -0.15) is 9.97 Å². The highest BCUT2D eigenvalue weighted by Gasteiger charge is 2.07. The Hall–Kier alpha value is -2.37. The molecule has 0 aliphatic rings. The van der Waals surface area contributed by atoms with Crippen LogP contribution in [0.5, 0.6) is 0 Å². The lowest BCUT2D eigenvalue weighted by atomic mass is 10.2. The van der Waals surface area contributed by atoms with Crippen LogP contribution in [-0.2, 0) is 6.54 Å². The summed E-state index contributed by atoms with van der Waals surface area (Å²) in [4.78, 5) is 14.5. The maximum atomic E-state index is 5.76. The number of hydrogen-bond acceptors (Lipinski definition) is 6. The van der Waals surface area contributed by atoms with E-state index in [0.29, 0.717) is 0 Å². The van der Waals surface area contributed by atoms with Crippen LogP contribution in [0.1, 0.15) is 18.9 Å². The molecule has 20 heavy (non-hydrogen) atoms. The summed E-state index contributed by atoms with van der Waals surface area (Å²) in [5.41, 5.74) is 6.93. The molecule has 0 saturated heterocycles. The minimum absolute atomic E-state index is 0.280. The zero-order valence-electron chi connectivity index (χ0n) is 11.9. The molecule has 2 rings (SSSR count). The van der Waals surface area contributed by atoms with Gasteiger partial charge in [0.15, 0.2) is 0 Å². The van der Waals surface area contributed by atoms with Gasteiger partial charge in [-0.15, -0.1) is 0 Å². The summed E-state index contributed by atoms with van der Waals surface area (Å²) >= 11 is 0. The number of pyridine rings is 1. The minimum Gasteiger partial charge on any atom is -0.370 e. The molecule has 2 aromatic rings. The highest BCUT2D eigenvalue weighted by molar-refractivity contribution is 5.52. The van der Waals surface area contributed by atoms with Gasteiger partial charge in [0.05, 0.1) is 0 Å². The molecule has 6 heteroatoms. The first-order valence-corrected chi connectivity index (χ1v) is 6.67. The first-order chi connectivity index (χ1) is 9.69. The molecule has 3 N–H and O–H groups in total. The Balaban J connectivity index is 2.12. The van der Waals surface area contributed by atoms with Gasteiger partial charge >= 0.3 is 0 Å². The first-order valence-electron chi connectivity index (χ1n) is 6.67. The number of nitrogens with two attached hydrogens (primary N) is 1. The van der Waals surface area contributed by atoms with Crippen molar-refractivity contribution >= 4 is 17.6 Å². The summed E-state index contributed by atoms with van der Waals surface area (Å²) < 4.78 is 0. The van der Waals surface area contributed by atoms with Crippen molar-refractivity contribution in [2.24, 2.45) is 0 Å². The van der Waals surface area contributed by atoms with Gasteiger partial charge in [-0.25, -0.2) is 0 Å². The molecule has 0 spiro atoms. The summed E-state index contributed by atoms with van der Waals surface area (Å²) in [5.74, 6) is 1.84. The molecular weight excluding hydrogens is 252 g/mol. The number of aromatic nitrogens is 3. The monoisotopic (exact) mass is 272 g/mol. The van der Waals surface area contributed by atoms with E-state index < -0.39 is 0 Å². The molecule has 0 unspecified atom stereocenters. The van der Waals surface area contributed by atoms with Gasteiger partial charge in [0, 0.05) is 38.6 Å². The Morgan fingerprint density at radius 3 is 2.70 bits per heavy atom. The number of nitrogens with one attached hydrogen (secondary N) is 1. The largest absolute Gasteiger partial charge is 0.370 e. The van der Waals surface area contributed by atoms with Crippen molar-refractivity contribution in [3.8, 4) is 0 Å². The molecule has 0 saturated carbocycles. The molecule has 0 amide bonds. The first kappa shape index (κ1) is 14.0. The van der Waals surface area contributed by atoms with Crippen LogP contribution in [0, 0.1) is 0 Å². The van der Waals surface area contributed by atoms with E-state index in [-0.39, 0.29) is 5.95 Å². The van der Waals surface area contributed by atoms with E-state index in [1.165, 1.54) is 5.56 Å². The molecule has 0 bridgehead atoms. The van der Waals surface area contributed by atoms with Gasteiger partial charge in [-0.1, -0.05) is 6.92 Å². The van der Waals surface area contributed by atoms with Crippen LogP contribution in [0.3, 0.4) is 0 Å². The van der Waals surface area contributed by atoms with Crippen LogP contribution in [0.4, 0.5) is 17.6 Å². The summed E-state index contributed by atoms with van der Waals surface area (Å²) in [6.07, 6.45) is 4.60. The number of nitrogen functional groups attached to an aromatic ring is 1. The highest BCUT2D eigenvalue weighted by Crippen LogP contribution is 2.17. The SMILES string of the molecule is CCCNc1cc(N(C)Cc2ccncc2)nc(N)n1. The second kappa shape index (κ2) is 6.70. The van der Waals surface area contributed by atoms with Gasteiger partial charge in [0.2, 0.25) is 5.95 Å². The van der Waals surface area contributed by atoms with E-state index in [1.807, 2.05) is 30.1 Å². The van der Waals surface area contributed by atoms with Crippen molar-refractivity contribution in [2.75, 3.05) is 29.5 Å². The standard InChI is InChI=1S/C14H20N6/c1-3-6-17-12-9-13(19-14(15)18-12)20(2)10-11-4-7-16-8-5-11/h4-5,7-9H,3,6,10H2,1-2H3,(H3,15,17,18,19). The fraction of sp³-hybridized carbons (Fsp3) is 0.357. The lowest BCUT2D eigenvalue weighted by Gasteiger charge is -2.19. The smallest absolute Gasteiger partial charge is 0.223 e. The van der Waals surface area contributed by atoms with Crippen molar-refractivity contribution in [2.45, 2.75) is 19.9 Å². The Morgan fingerprint density at radius 2 is 2.00 bits per heavy atom. The van der Waals surface area contributed by atoms with Crippen molar-refractivity contribution in [1.82, 2.24) is 15.0 Å². The zero-order valence-corrected chi connectivity index (χ0v) is 11.9. The van der Waals surface area contributed by atoms with Crippen molar-refractivity contribution in [3.63, 3.8) is 0 Å². The van der Waals surface area contributed by atoms with Gasteiger partial charge < -0.3 is 16.0 Å². The molecule has 2 heterocycles. The normalized spacial score (nSPS) is 10.3. The third kappa shape index (κ3) is 3.81. The summed E-state index contributed by atoms with van der Waals surface area (Å²) in [7, 11) is 1.98. The molecule has 0 aliphatic heterocycles. The van der Waals surface area contributed by atoms with Gasteiger partial charge in [-0.3, -0.25) is 4.98 Å². The van der Waals surface area contributed by atoms with Gasteiger partial charge in [0.25, 0.3) is 0 Å². The summed E-state index contributed by atoms with van der Waals surface area (Å²) in [6, 6.07) is 5.88. The van der Waals surface area contributed by atoms with Gasteiger partial charge in [0.1, 0.15) is 11.6 Å².